The zero-order valence-electron chi connectivity index (χ0n) is 11.9. The van der Waals surface area contributed by atoms with Crippen molar-refractivity contribution in [3.63, 3.8) is 0 Å². The lowest BCUT2D eigenvalue weighted by Crippen LogP contribution is -2.51. The molecule has 0 unspecified atom stereocenters. The first-order chi connectivity index (χ1) is 8.97. The Labute approximate surface area is 114 Å². The highest BCUT2D eigenvalue weighted by molar-refractivity contribution is 5.83. The lowest BCUT2D eigenvalue weighted by atomic mass is 10.0. The molecule has 0 aliphatic heterocycles. The minimum Gasteiger partial charge on any atom is -0.388 e. The van der Waals surface area contributed by atoms with Gasteiger partial charge in [0.1, 0.15) is 6.10 Å². The average molecular weight is 272 g/mol. The molecular formula is C13H24N2O4. The molecule has 0 aromatic carbocycles. The Hall–Kier alpha value is -1.14. The summed E-state index contributed by atoms with van der Waals surface area (Å²) >= 11 is 0. The van der Waals surface area contributed by atoms with Crippen molar-refractivity contribution < 1.29 is 19.4 Å². The summed E-state index contributed by atoms with van der Waals surface area (Å²) in [4.78, 5) is 24.3. The van der Waals surface area contributed by atoms with Gasteiger partial charge in [-0.2, -0.15) is 0 Å². The van der Waals surface area contributed by atoms with E-state index in [-0.39, 0.29) is 30.5 Å². The summed E-state index contributed by atoms with van der Waals surface area (Å²) in [6, 6.07) is -0.256. The fourth-order valence-corrected chi connectivity index (χ4v) is 2.48. The number of ether oxygens (including phenoxy) is 1. The number of hydrogen-bond donors (Lipinski definition) is 2. The van der Waals surface area contributed by atoms with Crippen LogP contribution in [0.1, 0.15) is 32.6 Å². The fraction of sp³-hybridized carbons (Fsp3) is 0.846. The van der Waals surface area contributed by atoms with Crippen LogP contribution in [0.15, 0.2) is 0 Å². The maximum absolute atomic E-state index is 12.0. The number of methoxy groups -OCH3 is 1. The van der Waals surface area contributed by atoms with Gasteiger partial charge in [-0.05, 0) is 12.8 Å². The lowest BCUT2D eigenvalue weighted by molar-refractivity contribution is -0.137. The molecular weight excluding hydrogens is 248 g/mol. The average Bonchev–Trinajstić information content (AvgIpc) is 2.56. The van der Waals surface area contributed by atoms with Gasteiger partial charge in [-0.25, -0.2) is 0 Å². The van der Waals surface area contributed by atoms with Crippen LogP contribution in [0.3, 0.4) is 0 Å². The number of nitrogens with one attached hydrogen (secondary N) is 1. The van der Waals surface area contributed by atoms with E-state index in [1.165, 1.54) is 11.8 Å². The zero-order chi connectivity index (χ0) is 14.4. The molecule has 6 heteroatoms. The minimum absolute atomic E-state index is 0.0350. The second kappa shape index (κ2) is 7.45. The van der Waals surface area contributed by atoms with E-state index in [4.69, 9.17) is 4.74 Å². The summed E-state index contributed by atoms with van der Waals surface area (Å²) in [6.07, 6.45) is 2.59. The number of aliphatic hydroxyl groups is 1. The molecule has 0 radical (unpaired) electrons. The van der Waals surface area contributed by atoms with Gasteiger partial charge in [0.2, 0.25) is 11.8 Å². The number of likely N-dealkylation sites (N-methyl/N-ethyl adjacent to an activating group) is 1. The van der Waals surface area contributed by atoms with Crippen molar-refractivity contribution in [3.05, 3.63) is 0 Å². The lowest BCUT2D eigenvalue weighted by Gasteiger charge is -2.33. The number of carbonyl (C=O) groups excluding carboxylic acids is 2. The van der Waals surface area contributed by atoms with Crippen molar-refractivity contribution in [3.8, 4) is 0 Å². The Kier molecular flexibility index (Phi) is 6.24. The predicted molar refractivity (Wildman–Crippen MR) is 70.5 cm³/mol. The third-order valence-electron chi connectivity index (χ3n) is 3.70. The highest BCUT2D eigenvalue weighted by atomic mass is 16.5. The van der Waals surface area contributed by atoms with E-state index in [1.54, 1.807) is 14.2 Å². The van der Waals surface area contributed by atoms with Crippen LogP contribution in [0.5, 0.6) is 0 Å². The van der Waals surface area contributed by atoms with Crippen LogP contribution in [0.25, 0.3) is 0 Å². The highest BCUT2D eigenvalue weighted by Gasteiger charge is 2.34. The van der Waals surface area contributed by atoms with Crippen LogP contribution in [-0.4, -0.2) is 60.8 Å². The Bertz CT molecular complexity index is 322. The molecule has 1 aliphatic rings. The first kappa shape index (κ1) is 15.9. The second-order valence-corrected chi connectivity index (χ2v) is 5.03. The maximum atomic E-state index is 12.0. The van der Waals surface area contributed by atoms with E-state index in [0.29, 0.717) is 0 Å². The molecule has 1 aliphatic carbocycles. The minimum atomic E-state index is -0.682. The third kappa shape index (κ3) is 4.47. The van der Waals surface area contributed by atoms with Gasteiger partial charge < -0.3 is 20.1 Å². The fourth-order valence-electron chi connectivity index (χ4n) is 2.48. The molecule has 1 saturated carbocycles. The quantitative estimate of drug-likeness (QED) is 0.700. The number of nitrogens with zero attached hydrogens (tertiary/aromatic N) is 1. The van der Waals surface area contributed by atoms with Crippen molar-refractivity contribution in [2.75, 3.05) is 20.7 Å². The molecule has 2 N–H and O–H groups in total. The van der Waals surface area contributed by atoms with E-state index in [9.17, 15) is 14.7 Å². The van der Waals surface area contributed by atoms with Crippen LogP contribution in [0.2, 0.25) is 0 Å². The summed E-state index contributed by atoms with van der Waals surface area (Å²) in [6.45, 7) is 1.33. The summed E-state index contributed by atoms with van der Waals surface area (Å²) in [5, 5.41) is 12.8. The first-order valence-corrected chi connectivity index (χ1v) is 6.68. The normalized spacial score (nSPS) is 27.5. The van der Waals surface area contributed by atoms with Crippen molar-refractivity contribution in [2.24, 2.45) is 0 Å². The second-order valence-electron chi connectivity index (χ2n) is 5.03. The van der Waals surface area contributed by atoms with Crippen molar-refractivity contribution in [1.82, 2.24) is 10.2 Å². The molecule has 0 saturated heterocycles. The predicted octanol–water partition coefficient (Wildman–Crippen LogP) is -0.101. The molecule has 19 heavy (non-hydrogen) atoms. The smallest absolute Gasteiger partial charge is 0.242 e. The molecule has 0 heterocycles. The van der Waals surface area contributed by atoms with Gasteiger partial charge in [-0.15, -0.1) is 0 Å². The third-order valence-corrected chi connectivity index (χ3v) is 3.70. The van der Waals surface area contributed by atoms with Crippen LogP contribution in [-0.2, 0) is 14.3 Å². The van der Waals surface area contributed by atoms with Gasteiger partial charge in [0, 0.05) is 21.1 Å². The van der Waals surface area contributed by atoms with Crippen LogP contribution >= 0.6 is 0 Å². The largest absolute Gasteiger partial charge is 0.388 e. The number of aliphatic hydroxyl groups excluding tert-OH is 1. The molecule has 0 bridgehead atoms. The van der Waals surface area contributed by atoms with Crippen molar-refractivity contribution in [2.45, 2.75) is 50.9 Å². The monoisotopic (exact) mass is 272 g/mol. The van der Waals surface area contributed by atoms with Gasteiger partial charge in [-0.3, -0.25) is 9.59 Å². The highest BCUT2D eigenvalue weighted by Crippen LogP contribution is 2.24. The first-order valence-electron chi connectivity index (χ1n) is 6.68. The van der Waals surface area contributed by atoms with E-state index in [0.717, 1.165) is 25.7 Å². The molecule has 6 nitrogen and oxygen atoms in total. The Morgan fingerprint density at radius 2 is 2.00 bits per heavy atom. The van der Waals surface area contributed by atoms with Crippen molar-refractivity contribution in [1.29, 1.82) is 0 Å². The Morgan fingerprint density at radius 1 is 1.37 bits per heavy atom. The summed E-state index contributed by atoms with van der Waals surface area (Å²) in [5.41, 5.74) is 0. The van der Waals surface area contributed by atoms with Gasteiger partial charge in [0.25, 0.3) is 0 Å². The molecule has 2 amide bonds. The molecule has 1 fully saturated rings. The van der Waals surface area contributed by atoms with E-state index >= 15 is 0 Å². The van der Waals surface area contributed by atoms with Gasteiger partial charge in [-0.1, -0.05) is 12.8 Å². The van der Waals surface area contributed by atoms with Crippen molar-refractivity contribution >= 4 is 11.8 Å². The van der Waals surface area contributed by atoms with Crippen LogP contribution in [0.4, 0.5) is 0 Å². The molecule has 3 atom stereocenters. The van der Waals surface area contributed by atoms with Crippen LogP contribution in [0, 0.1) is 0 Å². The molecule has 110 valence electrons. The van der Waals surface area contributed by atoms with E-state index in [1.807, 2.05) is 0 Å². The van der Waals surface area contributed by atoms with E-state index in [2.05, 4.69) is 5.32 Å². The van der Waals surface area contributed by atoms with Gasteiger partial charge in [0.05, 0.1) is 18.7 Å². The maximum Gasteiger partial charge on any atom is 0.242 e. The molecule has 0 spiro atoms. The number of amides is 2. The van der Waals surface area contributed by atoms with Gasteiger partial charge >= 0.3 is 0 Å². The summed E-state index contributed by atoms with van der Waals surface area (Å²) in [5.74, 6) is -0.436. The summed E-state index contributed by atoms with van der Waals surface area (Å²) < 4.78 is 5.28. The standard InChI is InChI=1S/C13H24N2O4/c1-9(16)14-8-12(17)15(2)10-6-4-5-7-11(19-3)13(10)18/h10-11,13,18H,4-8H2,1-3H3,(H,14,16)/t10-,11-,13-/m1/s1. The van der Waals surface area contributed by atoms with Gasteiger partial charge in [0.15, 0.2) is 0 Å². The zero-order valence-corrected chi connectivity index (χ0v) is 11.9. The molecule has 1 rings (SSSR count). The Balaban J connectivity index is 2.64. The summed E-state index contributed by atoms with van der Waals surface area (Å²) in [7, 11) is 3.24. The van der Waals surface area contributed by atoms with Crippen LogP contribution < -0.4 is 5.32 Å². The molecule has 0 aromatic heterocycles. The molecule has 0 aromatic rings. The number of rotatable bonds is 4. The van der Waals surface area contributed by atoms with E-state index < -0.39 is 6.10 Å². The Morgan fingerprint density at radius 3 is 2.58 bits per heavy atom. The number of hydrogen-bond acceptors (Lipinski definition) is 4. The number of carbonyl (C=O) groups is 2. The SMILES string of the molecule is CO[C@@H]1CCCC[C@@H](N(C)C(=O)CNC(C)=O)[C@H]1O. The topological polar surface area (TPSA) is 78.9 Å².